The highest BCUT2D eigenvalue weighted by Crippen LogP contribution is 2.18. The molecule has 180 valence electrons. The average Bonchev–Trinajstić information content (AvgIpc) is 2.85. The molecule has 0 bridgehead atoms. The Morgan fingerprint density at radius 3 is 2.15 bits per heavy atom. The van der Waals surface area contributed by atoms with Gasteiger partial charge in [-0.15, -0.1) is 0 Å². The molecule has 0 N–H and O–H groups in total. The Morgan fingerprint density at radius 1 is 0.882 bits per heavy atom. The summed E-state index contributed by atoms with van der Waals surface area (Å²) in [4.78, 5) is 45.0. The minimum Gasteiger partial charge on any atom is -0.497 e. The highest BCUT2D eigenvalue weighted by molar-refractivity contribution is 6.25. The van der Waals surface area contributed by atoms with Gasteiger partial charge in [0.15, 0.2) is 12.1 Å². The SMILES string of the molecule is COc1ccc(OC(=O)C=Cc2ccc(OCCCCOC(=O)C(C)CC(=O)C=O)cc2)cc1. The second-order valence-corrected chi connectivity index (χ2v) is 7.41. The van der Waals surface area contributed by atoms with E-state index < -0.39 is 23.6 Å². The van der Waals surface area contributed by atoms with Crippen LogP contribution in [0.25, 0.3) is 6.08 Å². The highest BCUT2D eigenvalue weighted by Gasteiger charge is 2.17. The Hall–Kier alpha value is -3.94. The molecule has 1 atom stereocenters. The minimum atomic E-state index is -0.634. The molecule has 0 radical (unpaired) electrons. The molecule has 2 rings (SSSR count). The van der Waals surface area contributed by atoms with Gasteiger partial charge in [-0.25, -0.2) is 4.79 Å². The van der Waals surface area contributed by atoms with E-state index in [1.54, 1.807) is 56.5 Å². The molecule has 0 saturated heterocycles. The number of unbranched alkanes of at least 4 members (excludes halogenated alkanes) is 1. The molecule has 0 fully saturated rings. The number of carbonyl (C=O) groups is 4. The van der Waals surface area contributed by atoms with Crippen molar-refractivity contribution in [2.45, 2.75) is 26.2 Å². The van der Waals surface area contributed by atoms with Gasteiger partial charge in [-0.05, 0) is 60.9 Å². The maximum atomic E-state index is 11.9. The van der Waals surface area contributed by atoms with Gasteiger partial charge < -0.3 is 18.9 Å². The van der Waals surface area contributed by atoms with E-state index in [0.717, 1.165) is 5.56 Å². The fourth-order valence-corrected chi connectivity index (χ4v) is 2.78. The Balaban J connectivity index is 1.64. The maximum Gasteiger partial charge on any atom is 0.336 e. The number of carbonyl (C=O) groups excluding carboxylic acids is 4. The summed E-state index contributed by atoms with van der Waals surface area (Å²) in [6.07, 6.45) is 4.35. The van der Waals surface area contributed by atoms with Gasteiger partial charge in [-0.2, -0.15) is 0 Å². The van der Waals surface area contributed by atoms with Crippen LogP contribution in [0.4, 0.5) is 0 Å². The molecular weight excluding hydrogens is 440 g/mol. The van der Waals surface area contributed by atoms with Gasteiger partial charge in [0.2, 0.25) is 0 Å². The van der Waals surface area contributed by atoms with Crippen molar-refractivity contribution >= 4 is 30.1 Å². The van der Waals surface area contributed by atoms with Crippen molar-refractivity contribution in [1.29, 1.82) is 0 Å². The first-order chi connectivity index (χ1) is 16.4. The molecule has 0 heterocycles. The fraction of sp³-hybridized carbons (Fsp3) is 0.308. The standard InChI is InChI=1S/C26H28O8/c1-19(17-21(28)18-27)26(30)33-16-4-3-15-32-23-8-5-20(6-9-23)7-14-25(29)34-24-12-10-22(31-2)11-13-24/h5-14,18-19H,3-4,15-17H2,1-2H3. The molecule has 0 aliphatic rings. The fourth-order valence-electron chi connectivity index (χ4n) is 2.78. The number of esters is 2. The maximum absolute atomic E-state index is 11.9. The number of benzene rings is 2. The molecule has 0 aromatic heterocycles. The first-order valence-corrected chi connectivity index (χ1v) is 10.8. The normalized spacial score (nSPS) is 11.5. The summed E-state index contributed by atoms with van der Waals surface area (Å²) >= 11 is 0. The lowest BCUT2D eigenvalue weighted by Gasteiger charge is -2.10. The van der Waals surface area contributed by atoms with Crippen LogP contribution < -0.4 is 14.2 Å². The summed E-state index contributed by atoms with van der Waals surface area (Å²) in [5, 5.41) is 0. The predicted molar refractivity (Wildman–Crippen MR) is 125 cm³/mol. The van der Waals surface area contributed by atoms with E-state index in [2.05, 4.69) is 0 Å². The van der Waals surface area contributed by atoms with Crippen LogP contribution in [-0.4, -0.2) is 44.3 Å². The van der Waals surface area contributed by atoms with Crippen LogP contribution in [0.2, 0.25) is 0 Å². The number of rotatable bonds is 14. The third-order valence-corrected chi connectivity index (χ3v) is 4.66. The van der Waals surface area contributed by atoms with Gasteiger partial charge in [0.25, 0.3) is 0 Å². The lowest BCUT2D eigenvalue weighted by molar-refractivity contribution is -0.149. The molecule has 0 aliphatic heterocycles. The van der Waals surface area contributed by atoms with Gasteiger partial charge in [-0.3, -0.25) is 14.4 Å². The van der Waals surface area contributed by atoms with Crippen LogP contribution in [0.5, 0.6) is 17.2 Å². The number of methoxy groups -OCH3 is 1. The Labute approximate surface area is 198 Å². The van der Waals surface area contributed by atoms with Crippen LogP contribution >= 0.6 is 0 Å². The quantitative estimate of drug-likeness (QED) is 0.103. The van der Waals surface area contributed by atoms with Gasteiger partial charge >= 0.3 is 11.9 Å². The van der Waals surface area contributed by atoms with Crippen molar-refractivity contribution in [3.8, 4) is 17.2 Å². The molecule has 2 aromatic rings. The Kier molecular flexibility index (Phi) is 11.0. The third kappa shape index (κ3) is 9.68. The lowest BCUT2D eigenvalue weighted by Crippen LogP contribution is -2.19. The molecule has 0 aliphatic carbocycles. The molecule has 2 aromatic carbocycles. The summed E-state index contributed by atoms with van der Waals surface area (Å²) in [7, 11) is 1.56. The second-order valence-electron chi connectivity index (χ2n) is 7.41. The summed E-state index contributed by atoms with van der Waals surface area (Å²) < 4.78 is 21.0. The summed E-state index contributed by atoms with van der Waals surface area (Å²) in [6, 6.07) is 13.9. The zero-order valence-corrected chi connectivity index (χ0v) is 19.2. The number of ether oxygens (including phenoxy) is 4. The highest BCUT2D eigenvalue weighted by atomic mass is 16.5. The second kappa shape index (κ2) is 14.3. The summed E-state index contributed by atoms with van der Waals surface area (Å²) in [6.45, 7) is 2.22. The first kappa shape index (κ1) is 26.3. The van der Waals surface area contributed by atoms with E-state index in [0.29, 0.717) is 36.7 Å². The van der Waals surface area contributed by atoms with Crippen molar-refractivity contribution < 1.29 is 38.1 Å². The number of aldehydes is 1. The van der Waals surface area contributed by atoms with Gasteiger partial charge in [0.05, 0.1) is 26.2 Å². The summed E-state index contributed by atoms with van der Waals surface area (Å²) in [5.41, 5.74) is 0.813. The summed E-state index contributed by atoms with van der Waals surface area (Å²) in [5.74, 6) is -0.452. The van der Waals surface area contributed by atoms with Gasteiger partial charge in [0.1, 0.15) is 17.2 Å². The van der Waals surface area contributed by atoms with Crippen LogP contribution in [0.15, 0.2) is 54.6 Å². The lowest BCUT2D eigenvalue weighted by atomic mass is 10.1. The van der Waals surface area contributed by atoms with Crippen molar-refractivity contribution in [1.82, 2.24) is 0 Å². The van der Waals surface area contributed by atoms with Crippen LogP contribution in [0.1, 0.15) is 31.7 Å². The van der Waals surface area contributed by atoms with E-state index in [9.17, 15) is 19.2 Å². The topological polar surface area (TPSA) is 105 Å². The number of hydrogen-bond donors (Lipinski definition) is 0. The van der Waals surface area contributed by atoms with Crippen molar-refractivity contribution in [3.05, 3.63) is 60.2 Å². The third-order valence-electron chi connectivity index (χ3n) is 4.66. The van der Waals surface area contributed by atoms with Gasteiger partial charge in [0, 0.05) is 12.5 Å². The van der Waals surface area contributed by atoms with Crippen molar-refractivity contribution in [2.75, 3.05) is 20.3 Å². The van der Waals surface area contributed by atoms with E-state index in [-0.39, 0.29) is 19.3 Å². The molecule has 0 amide bonds. The Morgan fingerprint density at radius 2 is 1.50 bits per heavy atom. The smallest absolute Gasteiger partial charge is 0.336 e. The monoisotopic (exact) mass is 468 g/mol. The molecular formula is C26H28O8. The van der Waals surface area contributed by atoms with Crippen molar-refractivity contribution in [3.63, 3.8) is 0 Å². The number of hydrogen-bond acceptors (Lipinski definition) is 8. The molecule has 0 saturated carbocycles. The predicted octanol–water partition coefficient (Wildman–Crippen LogP) is 3.81. The largest absolute Gasteiger partial charge is 0.497 e. The van der Waals surface area contributed by atoms with Crippen molar-refractivity contribution in [2.24, 2.45) is 5.92 Å². The van der Waals surface area contributed by atoms with E-state index in [4.69, 9.17) is 18.9 Å². The van der Waals surface area contributed by atoms with Crippen LogP contribution in [0.3, 0.4) is 0 Å². The van der Waals surface area contributed by atoms with E-state index >= 15 is 0 Å². The van der Waals surface area contributed by atoms with E-state index in [1.165, 1.54) is 6.08 Å². The molecule has 8 heteroatoms. The zero-order valence-electron chi connectivity index (χ0n) is 19.2. The van der Waals surface area contributed by atoms with E-state index in [1.807, 2.05) is 12.1 Å². The molecule has 1 unspecified atom stereocenters. The first-order valence-electron chi connectivity index (χ1n) is 10.8. The van der Waals surface area contributed by atoms with Gasteiger partial charge in [-0.1, -0.05) is 19.1 Å². The minimum absolute atomic E-state index is 0.138. The molecule has 8 nitrogen and oxygen atoms in total. The Bertz CT molecular complexity index is 977. The number of Topliss-reactive ketones (excluding diaryl/α,β-unsaturated/α-hetero) is 1. The molecule has 34 heavy (non-hydrogen) atoms. The van der Waals surface area contributed by atoms with Crippen LogP contribution in [0, 0.1) is 5.92 Å². The zero-order chi connectivity index (χ0) is 24.8. The van der Waals surface area contributed by atoms with Crippen LogP contribution in [-0.2, 0) is 23.9 Å². The number of ketones is 1. The molecule has 0 spiro atoms. The average molecular weight is 469 g/mol.